The molecule has 0 spiro atoms. The average Bonchev–Trinajstić information content (AvgIpc) is 2.45. The molecular weight excluding hydrogens is 270 g/mol. The fraction of sp³-hybridized carbons (Fsp3) is 0.235. The van der Waals surface area contributed by atoms with Crippen molar-refractivity contribution in [3.63, 3.8) is 0 Å². The van der Waals surface area contributed by atoms with Crippen molar-refractivity contribution in [1.82, 2.24) is 5.32 Å². The molecule has 0 unspecified atom stereocenters. The van der Waals surface area contributed by atoms with Crippen molar-refractivity contribution in [2.45, 2.75) is 25.8 Å². The normalized spacial score (nSPS) is 11.9. The highest BCUT2D eigenvalue weighted by Gasteiger charge is 2.12. The molecule has 20 heavy (non-hydrogen) atoms. The molecule has 0 saturated heterocycles. The average molecular weight is 288 g/mol. The second-order valence-corrected chi connectivity index (χ2v) is 5.18. The van der Waals surface area contributed by atoms with Gasteiger partial charge in [0.25, 0.3) is 0 Å². The van der Waals surface area contributed by atoms with Crippen molar-refractivity contribution in [2.75, 3.05) is 0 Å². The lowest BCUT2D eigenvalue weighted by Gasteiger charge is -2.17. The van der Waals surface area contributed by atoms with Crippen LogP contribution in [0.15, 0.2) is 54.6 Å². The number of amides is 1. The third-order valence-electron chi connectivity index (χ3n) is 3.20. The zero-order chi connectivity index (χ0) is 14.4. The van der Waals surface area contributed by atoms with Crippen LogP contribution < -0.4 is 5.32 Å². The predicted octanol–water partition coefficient (Wildman–Crippen LogP) is 4.15. The zero-order valence-corrected chi connectivity index (χ0v) is 12.2. The largest absolute Gasteiger partial charge is 0.349 e. The minimum atomic E-state index is 0.0166. The molecule has 0 aromatic heterocycles. The molecule has 2 aromatic carbocycles. The summed E-state index contributed by atoms with van der Waals surface area (Å²) in [5.74, 6) is 0.0166. The van der Waals surface area contributed by atoms with Crippen LogP contribution in [0, 0.1) is 0 Å². The van der Waals surface area contributed by atoms with Gasteiger partial charge in [0.05, 0.1) is 12.5 Å². The topological polar surface area (TPSA) is 29.1 Å². The molecule has 1 amide bonds. The van der Waals surface area contributed by atoms with Crippen LogP contribution in [-0.2, 0) is 11.2 Å². The van der Waals surface area contributed by atoms with Crippen LogP contribution in [0.4, 0.5) is 0 Å². The van der Waals surface area contributed by atoms with Crippen LogP contribution in [0.2, 0.25) is 5.02 Å². The van der Waals surface area contributed by atoms with E-state index in [0.29, 0.717) is 11.4 Å². The van der Waals surface area contributed by atoms with Crippen LogP contribution in [0.1, 0.15) is 30.5 Å². The number of rotatable bonds is 5. The van der Waals surface area contributed by atoms with Gasteiger partial charge in [-0.25, -0.2) is 0 Å². The maximum Gasteiger partial charge on any atom is 0.224 e. The van der Waals surface area contributed by atoms with Crippen molar-refractivity contribution >= 4 is 17.5 Å². The highest BCUT2D eigenvalue weighted by Crippen LogP contribution is 2.16. The molecule has 0 aliphatic rings. The lowest BCUT2D eigenvalue weighted by Crippen LogP contribution is -2.29. The summed E-state index contributed by atoms with van der Waals surface area (Å²) in [6, 6.07) is 17.5. The number of benzene rings is 2. The van der Waals surface area contributed by atoms with Gasteiger partial charge in [-0.05, 0) is 29.7 Å². The summed E-state index contributed by atoms with van der Waals surface area (Å²) >= 11 is 5.93. The number of nitrogens with one attached hydrogen (secondary N) is 1. The van der Waals surface area contributed by atoms with E-state index in [1.165, 1.54) is 0 Å². The van der Waals surface area contributed by atoms with Gasteiger partial charge in [-0.3, -0.25) is 4.79 Å². The van der Waals surface area contributed by atoms with E-state index >= 15 is 0 Å². The first-order valence-corrected chi connectivity index (χ1v) is 7.15. The van der Waals surface area contributed by atoms with Crippen LogP contribution in [0.3, 0.4) is 0 Å². The van der Waals surface area contributed by atoms with Crippen molar-refractivity contribution in [2.24, 2.45) is 0 Å². The van der Waals surface area contributed by atoms with E-state index in [2.05, 4.69) is 12.2 Å². The molecule has 2 nitrogen and oxygen atoms in total. The number of hydrogen-bond acceptors (Lipinski definition) is 1. The summed E-state index contributed by atoms with van der Waals surface area (Å²) in [4.78, 5) is 12.1. The first-order chi connectivity index (χ1) is 9.69. The van der Waals surface area contributed by atoms with Gasteiger partial charge in [-0.2, -0.15) is 0 Å². The van der Waals surface area contributed by atoms with Crippen LogP contribution in [-0.4, -0.2) is 5.91 Å². The summed E-state index contributed by atoms with van der Waals surface area (Å²) in [5.41, 5.74) is 2.06. The summed E-state index contributed by atoms with van der Waals surface area (Å²) in [5, 5.41) is 3.73. The number of carbonyl (C=O) groups is 1. The number of carbonyl (C=O) groups excluding carboxylic acids is 1. The zero-order valence-electron chi connectivity index (χ0n) is 11.5. The number of hydrogen-bond donors (Lipinski definition) is 1. The molecule has 0 fully saturated rings. The van der Waals surface area contributed by atoms with Gasteiger partial charge in [-0.15, -0.1) is 0 Å². The van der Waals surface area contributed by atoms with Crippen LogP contribution in [0.5, 0.6) is 0 Å². The first-order valence-electron chi connectivity index (χ1n) is 6.77. The van der Waals surface area contributed by atoms with Crippen molar-refractivity contribution in [3.8, 4) is 0 Å². The van der Waals surface area contributed by atoms with Crippen LogP contribution >= 0.6 is 11.6 Å². The Bertz CT molecular complexity index is 568. The molecule has 3 heteroatoms. The third-order valence-corrected chi connectivity index (χ3v) is 3.43. The fourth-order valence-corrected chi connectivity index (χ4v) is 2.40. The predicted molar refractivity (Wildman–Crippen MR) is 82.8 cm³/mol. The standard InChI is InChI=1S/C17H18ClNO/c1-2-16(14-8-4-3-5-9-14)19-17(20)12-13-7-6-10-15(18)11-13/h3-11,16H,2,12H2,1H3,(H,19,20)/t16-/m1/s1. The lowest BCUT2D eigenvalue weighted by atomic mass is 10.0. The summed E-state index contributed by atoms with van der Waals surface area (Å²) in [7, 11) is 0. The second-order valence-electron chi connectivity index (χ2n) is 4.75. The quantitative estimate of drug-likeness (QED) is 0.879. The van der Waals surface area contributed by atoms with Gasteiger partial charge in [0.1, 0.15) is 0 Å². The van der Waals surface area contributed by atoms with Gasteiger partial charge < -0.3 is 5.32 Å². The van der Waals surface area contributed by atoms with Gasteiger partial charge in [0, 0.05) is 5.02 Å². The molecule has 0 aliphatic carbocycles. The monoisotopic (exact) mass is 287 g/mol. The van der Waals surface area contributed by atoms with Gasteiger partial charge in [0.15, 0.2) is 0 Å². The molecule has 0 heterocycles. The summed E-state index contributed by atoms with van der Waals surface area (Å²) < 4.78 is 0. The molecule has 0 radical (unpaired) electrons. The van der Waals surface area contributed by atoms with Gasteiger partial charge in [0.2, 0.25) is 5.91 Å². The highest BCUT2D eigenvalue weighted by molar-refractivity contribution is 6.30. The molecule has 2 aromatic rings. The summed E-state index contributed by atoms with van der Waals surface area (Å²) in [6.45, 7) is 2.07. The summed E-state index contributed by atoms with van der Waals surface area (Å²) in [6.07, 6.45) is 1.22. The second kappa shape index (κ2) is 7.11. The van der Waals surface area contributed by atoms with Crippen LogP contribution in [0.25, 0.3) is 0 Å². The Morgan fingerprint density at radius 3 is 2.55 bits per heavy atom. The molecule has 0 bridgehead atoms. The Kier molecular flexibility index (Phi) is 5.19. The van der Waals surface area contributed by atoms with Crippen molar-refractivity contribution in [3.05, 3.63) is 70.7 Å². The Morgan fingerprint density at radius 1 is 1.15 bits per heavy atom. The van der Waals surface area contributed by atoms with Crippen molar-refractivity contribution < 1.29 is 4.79 Å². The molecule has 104 valence electrons. The molecule has 0 saturated carbocycles. The fourth-order valence-electron chi connectivity index (χ4n) is 2.18. The first kappa shape index (κ1) is 14.6. The third kappa shape index (κ3) is 4.10. The highest BCUT2D eigenvalue weighted by atomic mass is 35.5. The Labute approximate surface area is 124 Å². The SMILES string of the molecule is CC[C@@H](NC(=O)Cc1cccc(Cl)c1)c1ccccc1. The molecule has 1 atom stereocenters. The Balaban J connectivity index is 2.00. The molecule has 2 rings (SSSR count). The molecular formula is C17H18ClNO. The minimum absolute atomic E-state index is 0.0166. The van der Waals surface area contributed by atoms with Crippen molar-refractivity contribution in [1.29, 1.82) is 0 Å². The molecule has 0 aliphatic heterocycles. The maximum absolute atomic E-state index is 12.1. The van der Waals surface area contributed by atoms with Gasteiger partial charge >= 0.3 is 0 Å². The van der Waals surface area contributed by atoms with E-state index in [9.17, 15) is 4.79 Å². The van der Waals surface area contributed by atoms with E-state index in [1.54, 1.807) is 0 Å². The number of halogens is 1. The van der Waals surface area contributed by atoms with E-state index in [4.69, 9.17) is 11.6 Å². The van der Waals surface area contributed by atoms with E-state index in [0.717, 1.165) is 17.5 Å². The minimum Gasteiger partial charge on any atom is -0.349 e. The Morgan fingerprint density at radius 2 is 1.90 bits per heavy atom. The van der Waals surface area contributed by atoms with Gasteiger partial charge in [-0.1, -0.05) is 61.0 Å². The Hall–Kier alpha value is -1.80. The maximum atomic E-state index is 12.1. The lowest BCUT2D eigenvalue weighted by molar-refractivity contribution is -0.121. The van der Waals surface area contributed by atoms with E-state index in [1.807, 2.05) is 54.6 Å². The molecule has 1 N–H and O–H groups in total. The van der Waals surface area contributed by atoms with E-state index in [-0.39, 0.29) is 11.9 Å². The smallest absolute Gasteiger partial charge is 0.224 e. The van der Waals surface area contributed by atoms with E-state index < -0.39 is 0 Å².